The van der Waals surface area contributed by atoms with Crippen LogP contribution in [0, 0.1) is 6.92 Å². The molecule has 2 nitrogen and oxygen atoms in total. The van der Waals surface area contributed by atoms with Crippen molar-refractivity contribution in [3.8, 4) is 0 Å². The molecule has 2 heteroatoms. The van der Waals surface area contributed by atoms with Crippen LogP contribution < -0.4 is 0 Å². The van der Waals surface area contributed by atoms with E-state index in [-0.39, 0.29) is 0 Å². The summed E-state index contributed by atoms with van der Waals surface area (Å²) in [6.07, 6.45) is 2.43. The van der Waals surface area contributed by atoms with Gasteiger partial charge >= 0.3 is 0 Å². The monoisotopic (exact) mass is 166 g/mol. The topological polar surface area (TPSA) is 30.2 Å². The number of hydrogen-bond acceptors (Lipinski definition) is 2. The van der Waals surface area contributed by atoms with Crippen molar-refractivity contribution in [3.05, 3.63) is 23.7 Å². The van der Waals surface area contributed by atoms with Gasteiger partial charge in [0.2, 0.25) is 0 Å². The van der Waals surface area contributed by atoms with E-state index >= 15 is 0 Å². The molecule has 1 heterocycles. The van der Waals surface area contributed by atoms with Crippen LogP contribution in [-0.4, -0.2) is 6.29 Å². The van der Waals surface area contributed by atoms with E-state index < -0.39 is 0 Å². The fourth-order valence-corrected chi connectivity index (χ4v) is 1.18. The molecule has 0 saturated heterocycles. The van der Waals surface area contributed by atoms with Crippen LogP contribution >= 0.6 is 0 Å². The predicted octanol–water partition coefficient (Wildman–Crippen LogP) is 2.67. The average molecular weight is 166 g/mol. The maximum atomic E-state index is 10.1. The molecule has 1 atom stereocenters. The van der Waals surface area contributed by atoms with Crippen LogP contribution in [0.2, 0.25) is 0 Å². The van der Waals surface area contributed by atoms with Gasteiger partial charge in [0.1, 0.15) is 17.8 Å². The molecule has 0 aliphatic carbocycles. The third kappa shape index (κ3) is 2.22. The summed E-state index contributed by atoms with van der Waals surface area (Å²) in [5.41, 5.74) is 0. The molecule has 0 N–H and O–H groups in total. The van der Waals surface area contributed by atoms with E-state index in [0.717, 1.165) is 24.2 Å². The molecule has 1 unspecified atom stereocenters. The number of carbonyl (C=O) groups is 1. The standard InChI is InChI=1S/C10H14O2/c1-8(4-3-7-11)10-6-5-9(2)12-10/h5-8H,3-4H2,1-2H3. The average Bonchev–Trinajstić information content (AvgIpc) is 2.47. The highest BCUT2D eigenvalue weighted by atomic mass is 16.3. The summed E-state index contributed by atoms with van der Waals surface area (Å²) in [6, 6.07) is 3.93. The van der Waals surface area contributed by atoms with Gasteiger partial charge in [-0.15, -0.1) is 0 Å². The molecule has 0 bridgehead atoms. The summed E-state index contributed by atoms with van der Waals surface area (Å²) >= 11 is 0. The van der Waals surface area contributed by atoms with Crippen molar-refractivity contribution >= 4 is 6.29 Å². The van der Waals surface area contributed by atoms with Crippen molar-refractivity contribution in [3.63, 3.8) is 0 Å². The fraction of sp³-hybridized carbons (Fsp3) is 0.500. The Balaban J connectivity index is 2.52. The van der Waals surface area contributed by atoms with E-state index in [1.165, 1.54) is 0 Å². The van der Waals surface area contributed by atoms with E-state index in [2.05, 4.69) is 6.92 Å². The second-order valence-electron chi connectivity index (χ2n) is 3.09. The molecule has 0 aliphatic heterocycles. The van der Waals surface area contributed by atoms with Gasteiger partial charge in [-0.25, -0.2) is 0 Å². The summed E-state index contributed by atoms with van der Waals surface area (Å²) in [5, 5.41) is 0. The lowest BCUT2D eigenvalue weighted by Gasteiger charge is -2.04. The minimum Gasteiger partial charge on any atom is -0.466 e. The Morgan fingerprint density at radius 1 is 1.58 bits per heavy atom. The van der Waals surface area contributed by atoms with Crippen LogP contribution in [0.25, 0.3) is 0 Å². The van der Waals surface area contributed by atoms with E-state index in [4.69, 9.17) is 4.42 Å². The number of rotatable bonds is 4. The second-order valence-corrected chi connectivity index (χ2v) is 3.09. The van der Waals surface area contributed by atoms with E-state index in [9.17, 15) is 4.79 Å². The molecule has 0 aliphatic rings. The van der Waals surface area contributed by atoms with Crippen LogP contribution in [0.3, 0.4) is 0 Å². The highest BCUT2D eigenvalue weighted by Crippen LogP contribution is 2.21. The molecule has 1 aromatic heterocycles. The predicted molar refractivity (Wildman–Crippen MR) is 47.2 cm³/mol. The highest BCUT2D eigenvalue weighted by Gasteiger charge is 2.08. The highest BCUT2D eigenvalue weighted by molar-refractivity contribution is 5.49. The van der Waals surface area contributed by atoms with Gasteiger partial charge in [-0.1, -0.05) is 6.92 Å². The van der Waals surface area contributed by atoms with Gasteiger partial charge in [-0.05, 0) is 25.5 Å². The largest absolute Gasteiger partial charge is 0.466 e. The van der Waals surface area contributed by atoms with Gasteiger partial charge in [0.15, 0.2) is 0 Å². The lowest BCUT2D eigenvalue weighted by molar-refractivity contribution is -0.108. The number of aryl methyl sites for hydroxylation is 1. The molecule has 0 spiro atoms. The minimum atomic E-state index is 0.351. The van der Waals surface area contributed by atoms with Gasteiger partial charge < -0.3 is 9.21 Å². The summed E-state index contributed by atoms with van der Waals surface area (Å²) in [7, 11) is 0. The lowest BCUT2D eigenvalue weighted by atomic mass is 10.0. The molecular formula is C10H14O2. The number of aldehydes is 1. The summed E-state index contributed by atoms with van der Waals surface area (Å²) < 4.78 is 5.43. The first-order valence-electron chi connectivity index (χ1n) is 4.24. The van der Waals surface area contributed by atoms with E-state index in [0.29, 0.717) is 12.3 Å². The number of hydrogen-bond donors (Lipinski definition) is 0. The summed E-state index contributed by atoms with van der Waals surface area (Å²) in [4.78, 5) is 10.1. The van der Waals surface area contributed by atoms with Crippen molar-refractivity contribution < 1.29 is 9.21 Å². The molecular weight excluding hydrogens is 152 g/mol. The van der Waals surface area contributed by atoms with Gasteiger partial charge in [0.25, 0.3) is 0 Å². The maximum absolute atomic E-state index is 10.1. The third-order valence-electron chi connectivity index (χ3n) is 1.96. The molecule has 1 aromatic rings. The molecule has 1 rings (SSSR count). The summed E-state index contributed by atoms with van der Waals surface area (Å²) in [6.45, 7) is 4.00. The molecule has 0 aromatic carbocycles. The van der Waals surface area contributed by atoms with E-state index in [1.54, 1.807) is 0 Å². The Kier molecular flexibility index (Phi) is 3.09. The quantitative estimate of drug-likeness (QED) is 0.644. The van der Waals surface area contributed by atoms with Crippen LogP contribution in [-0.2, 0) is 4.79 Å². The molecule has 12 heavy (non-hydrogen) atoms. The van der Waals surface area contributed by atoms with Gasteiger partial charge in [0, 0.05) is 12.3 Å². The fourth-order valence-electron chi connectivity index (χ4n) is 1.18. The minimum absolute atomic E-state index is 0.351. The maximum Gasteiger partial charge on any atom is 0.120 e. The first kappa shape index (κ1) is 9.04. The van der Waals surface area contributed by atoms with Crippen molar-refractivity contribution in [1.29, 1.82) is 0 Å². The second kappa shape index (κ2) is 4.10. The van der Waals surface area contributed by atoms with Gasteiger partial charge in [0.05, 0.1) is 0 Å². The van der Waals surface area contributed by atoms with Crippen LogP contribution in [0.1, 0.15) is 37.2 Å². The Hall–Kier alpha value is -1.05. The van der Waals surface area contributed by atoms with Gasteiger partial charge in [-0.3, -0.25) is 0 Å². The summed E-state index contributed by atoms with van der Waals surface area (Å²) in [5.74, 6) is 2.27. The zero-order chi connectivity index (χ0) is 8.97. The smallest absolute Gasteiger partial charge is 0.120 e. The Labute approximate surface area is 72.6 Å². The van der Waals surface area contributed by atoms with Crippen LogP contribution in [0.4, 0.5) is 0 Å². The molecule has 0 saturated carbocycles. The SMILES string of the molecule is Cc1ccc(C(C)CCC=O)o1. The molecule has 0 fully saturated rings. The zero-order valence-electron chi connectivity index (χ0n) is 7.54. The number of furan rings is 1. The lowest BCUT2D eigenvalue weighted by Crippen LogP contribution is -1.91. The van der Waals surface area contributed by atoms with Crippen molar-refractivity contribution in [1.82, 2.24) is 0 Å². The normalized spacial score (nSPS) is 12.8. The first-order valence-corrected chi connectivity index (χ1v) is 4.24. The molecule has 0 radical (unpaired) electrons. The zero-order valence-corrected chi connectivity index (χ0v) is 7.54. The van der Waals surface area contributed by atoms with Crippen LogP contribution in [0.5, 0.6) is 0 Å². The molecule has 0 amide bonds. The first-order chi connectivity index (χ1) is 5.74. The van der Waals surface area contributed by atoms with E-state index in [1.807, 2.05) is 19.1 Å². The molecule has 66 valence electrons. The third-order valence-corrected chi connectivity index (χ3v) is 1.96. The Bertz CT molecular complexity index is 250. The van der Waals surface area contributed by atoms with Crippen molar-refractivity contribution in [2.45, 2.75) is 32.6 Å². The number of carbonyl (C=O) groups excluding carboxylic acids is 1. The van der Waals surface area contributed by atoms with Gasteiger partial charge in [-0.2, -0.15) is 0 Å². The Morgan fingerprint density at radius 2 is 2.33 bits per heavy atom. The Morgan fingerprint density at radius 3 is 2.83 bits per heavy atom. The van der Waals surface area contributed by atoms with Crippen molar-refractivity contribution in [2.75, 3.05) is 0 Å². The van der Waals surface area contributed by atoms with Crippen molar-refractivity contribution in [2.24, 2.45) is 0 Å². The van der Waals surface area contributed by atoms with Crippen LogP contribution in [0.15, 0.2) is 16.5 Å².